The van der Waals surface area contributed by atoms with Gasteiger partial charge < -0.3 is 9.80 Å². The highest BCUT2D eigenvalue weighted by molar-refractivity contribution is 7.97. The first kappa shape index (κ1) is 21.7. The second-order valence-corrected chi connectivity index (χ2v) is 8.64. The van der Waals surface area contributed by atoms with Crippen molar-refractivity contribution < 1.29 is 4.79 Å². The van der Waals surface area contributed by atoms with Gasteiger partial charge in [-0.3, -0.25) is 9.52 Å². The van der Waals surface area contributed by atoms with Crippen LogP contribution in [0.1, 0.15) is 26.5 Å². The van der Waals surface area contributed by atoms with Crippen LogP contribution in [0, 0.1) is 18.3 Å². The fraction of sp³-hybridized carbons (Fsp3) is 0.227. The van der Waals surface area contributed by atoms with E-state index in [-0.39, 0.29) is 5.91 Å². The van der Waals surface area contributed by atoms with Gasteiger partial charge in [-0.15, -0.1) is 11.3 Å². The molecule has 0 aliphatic heterocycles. The molecule has 30 heavy (non-hydrogen) atoms. The predicted molar refractivity (Wildman–Crippen MR) is 126 cm³/mol. The number of aryl methyl sites for hydroxylation is 1. The number of aromatic nitrogens is 1. The summed E-state index contributed by atoms with van der Waals surface area (Å²) in [5.41, 5.74) is 4.18. The number of carbonyl (C=O) groups is 1. The lowest BCUT2D eigenvalue weighted by atomic mass is 10.1. The third kappa shape index (κ3) is 4.93. The molecule has 0 saturated heterocycles. The van der Waals surface area contributed by atoms with Crippen LogP contribution >= 0.6 is 23.3 Å². The van der Waals surface area contributed by atoms with Gasteiger partial charge in [0.2, 0.25) is 0 Å². The van der Waals surface area contributed by atoms with Crippen LogP contribution in [0.2, 0.25) is 0 Å². The second kappa shape index (κ2) is 9.65. The Hall–Kier alpha value is -3.02. The molecule has 1 amide bonds. The number of carbonyl (C=O) groups excluding carboxylic acids is 1. The molecule has 0 unspecified atom stereocenters. The SMILES string of the molecule is CSNC(=O)c1nc(N(Cc2cccc(N(C)C)c2)c2ccc(C#N)cc2)sc1C. The van der Waals surface area contributed by atoms with Gasteiger partial charge in [0, 0.05) is 36.6 Å². The number of anilines is 3. The third-order valence-electron chi connectivity index (χ3n) is 4.50. The molecular formula is C22H23N5OS2. The zero-order chi connectivity index (χ0) is 21.7. The lowest BCUT2D eigenvalue weighted by Gasteiger charge is -2.23. The van der Waals surface area contributed by atoms with E-state index in [0.717, 1.165) is 26.9 Å². The Labute approximate surface area is 185 Å². The zero-order valence-corrected chi connectivity index (χ0v) is 19.0. The molecule has 1 N–H and O–H groups in total. The Morgan fingerprint density at radius 3 is 2.57 bits per heavy atom. The molecule has 0 aliphatic rings. The maximum atomic E-state index is 12.4. The van der Waals surface area contributed by atoms with Gasteiger partial charge in [0.25, 0.3) is 5.91 Å². The van der Waals surface area contributed by atoms with Gasteiger partial charge in [-0.25, -0.2) is 4.98 Å². The molecule has 6 nitrogen and oxygen atoms in total. The van der Waals surface area contributed by atoms with Crippen LogP contribution in [-0.4, -0.2) is 31.2 Å². The molecule has 8 heteroatoms. The summed E-state index contributed by atoms with van der Waals surface area (Å²) in [6, 6.07) is 17.9. The van der Waals surface area contributed by atoms with Gasteiger partial charge in [0.1, 0.15) is 5.69 Å². The Bertz CT molecular complexity index is 1070. The van der Waals surface area contributed by atoms with Crippen LogP contribution in [0.25, 0.3) is 0 Å². The van der Waals surface area contributed by atoms with Crippen LogP contribution in [0.5, 0.6) is 0 Å². The van der Waals surface area contributed by atoms with E-state index in [0.29, 0.717) is 17.8 Å². The summed E-state index contributed by atoms with van der Waals surface area (Å²) in [6.07, 6.45) is 1.81. The van der Waals surface area contributed by atoms with Crippen molar-refractivity contribution in [1.29, 1.82) is 5.26 Å². The number of benzene rings is 2. The average molecular weight is 438 g/mol. The highest BCUT2D eigenvalue weighted by atomic mass is 32.2. The van der Waals surface area contributed by atoms with E-state index < -0.39 is 0 Å². The number of hydrogen-bond donors (Lipinski definition) is 1. The normalized spacial score (nSPS) is 10.4. The number of nitrogens with one attached hydrogen (secondary N) is 1. The second-order valence-electron chi connectivity index (χ2n) is 6.85. The number of thiazole rings is 1. The van der Waals surface area contributed by atoms with Gasteiger partial charge in [-0.1, -0.05) is 24.1 Å². The molecule has 3 rings (SSSR count). The van der Waals surface area contributed by atoms with Crippen molar-refractivity contribution in [1.82, 2.24) is 9.71 Å². The summed E-state index contributed by atoms with van der Waals surface area (Å²) in [4.78, 5) is 22.0. The molecule has 0 saturated carbocycles. The van der Waals surface area contributed by atoms with Crippen LogP contribution in [0.3, 0.4) is 0 Å². The molecule has 2 aromatic carbocycles. The van der Waals surface area contributed by atoms with E-state index >= 15 is 0 Å². The predicted octanol–water partition coefficient (Wildman–Crippen LogP) is 4.74. The maximum absolute atomic E-state index is 12.4. The topological polar surface area (TPSA) is 72.3 Å². The van der Waals surface area contributed by atoms with Gasteiger partial charge in [0.05, 0.1) is 18.2 Å². The van der Waals surface area contributed by atoms with E-state index in [2.05, 4.69) is 43.8 Å². The quantitative estimate of drug-likeness (QED) is 0.539. The third-order valence-corrected chi connectivity index (χ3v) is 5.89. The summed E-state index contributed by atoms with van der Waals surface area (Å²) in [5, 5.41) is 9.86. The lowest BCUT2D eigenvalue weighted by Crippen LogP contribution is -2.19. The lowest BCUT2D eigenvalue weighted by molar-refractivity contribution is 0.0980. The van der Waals surface area contributed by atoms with E-state index in [1.54, 1.807) is 18.4 Å². The van der Waals surface area contributed by atoms with Crippen LogP contribution in [0.15, 0.2) is 48.5 Å². The Morgan fingerprint density at radius 1 is 1.20 bits per heavy atom. The average Bonchev–Trinajstić information content (AvgIpc) is 3.14. The summed E-state index contributed by atoms with van der Waals surface area (Å²) < 4.78 is 2.74. The van der Waals surface area contributed by atoms with Crippen LogP contribution in [0.4, 0.5) is 16.5 Å². The fourth-order valence-corrected chi connectivity index (χ4v) is 4.16. The highest BCUT2D eigenvalue weighted by Gasteiger charge is 2.20. The standard InChI is InChI=1S/C22H23N5OS2/c1-15-20(21(28)25-29-4)24-22(30-15)27(18-10-8-16(13-23)9-11-18)14-17-6-5-7-19(12-17)26(2)3/h5-12H,14H2,1-4H3,(H,25,28). The van der Waals surface area contributed by atoms with E-state index in [1.807, 2.05) is 39.2 Å². The summed E-state index contributed by atoms with van der Waals surface area (Å²) in [5.74, 6) is -0.197. The molecular weight excluding hydrogens is 414 g/mol. The van der Waals surface area contributed by atoms with Crippen molar-refractivity contribution in [2.45, 2.75) is 13.5 Å². The van der Waals surface area contributed by atoms with Crippen molar-refractivity contribution in [2.75, 3.05) is 30.2 Å². The number of nitrogens with zero attached hydrogens (tertiary/aromatic N) is 4. The van der Waals surface area contributed by atoms with Crippen molar-refractivity contribution in [3.63, 3.8) is 0 Å². The molecule has 0 bridgehead atoms. The first-order valence-electron chi connectivity index (χ1n) is 9.27. The van der Waals surface area contributed by atoms with E-state index in [4.69, 9.17) is 5.26 Å². The number of rotatable bonds is 7. The summed E-state index contributed by atoms with van der Waals surface area (Å²) in [6.45, 7) is 2.49. The molecule has 0 atom stereocenters. The highest BCUT2D eigenvalue weighted by Crippen LogP contribution is 2.33. The van der Waals surface area contributed by atoms with Gasteiger partial charge >= 0.3 is 0 Å². The van der Waals surface area contributed by atoms with Crippen LogP contribution < -0.4 is 14.5 Å². The van der Waals surface area contributed by atoms with Crippen molar-refractivity contribution in [3.05, 3.63) is 70.2 Å². The Kier molecular flexibility index (Phi) is 6.98. The minimum Gasteiger partial charge on any atom is -0.378 e. The van der Waals surface area contributed by atoms with Gasteiger partial charge in [-0.05, 0) is 48.9 Å². The first-order chi connectivity index (χ1) is 14.4. The molecule has 3 aromatic rings. The van der Waals surface area contributed by atoms with Crippen molar-refractivity contribution in [2.24, 2.45) is 0 Å². The molecule has 154 valence electrons. The monoisotopic (exact) mass is 437 g/mol. The number of hydrogen-bond acceptors (Lipinski definition) is 7. The smallest absolute Gasteiger partial charge is 0.280 e. The minimum absolute atomic E-state index is 0.197. The van der Waals surface area contributed by atoms with Crippen molar-refractivity contribution >= 4 is 45.7 Å². The summed E-state index contributed by atoms with van der Waals surface area (Å²) >= 11 is 2.73. The van der Waals surface area contributed by atoms with Crippen molar-refractivity contribution in [3.8, 4) is 6.07 Å². The molecule has 0 aliphatic carbocycles. The Morgan fingerprint density at radius 2 is 1.93 bits per heavy atom. The molecule has 1 heterocycles. The van der Waals surface area contributed by atoms with E-state index in [9.17, 15) is 4.79 Å². The van der Waals surface area contributed by atoms with Gasteiger partial charge in [-0.2, -0.15) is 5.26 Å². The van der Waals surface area contributed by atoms with Crippen LogP contribution in [-0.2, 0) is 6.54 Å². The zero-order valence-electron chi connectivity index (χ0n) is 17.3. The molecule has 1 aromatic heterocycles. The fourth-order valence-electron chi connectivity index (χ4n) is 2.95. The van der Waals surface area contributed by atoms with E-state index in [1.165, 1.54) is 23.3 Å². The largest absolute Gasteiger partial charge is 0.378 e. The maximum Gasteiger partial charge on any atom is 0.280 e. The number of nitriles is 1. The Balaban J connectivity index is 2.02. The molecule has 0 fully saturated rings. The summed E-state index contributed by atoms with van der Waals surface area (Å²) in [7, 11) is 4.02. The van der Waals surface area contributed by atoms with Gasteiger partial charge in [0.15, 0.2) is 5.13 Å². The first-order valence-corrected chi connectivity index (χ1v) is 11.3. The minimum atomic E-state index is -0.197. The molecule has 0 radical (unpaired) electrons. The number of amides is 1. The molecule has 0 spiro atoms.